The molecule has 0 aliphatic carbocycles. The van der Waals surface area contributed by atoms with Gasteiger partial charge in [0.05, 0.1) is 5.69 Å². The summed E-state index contributed by atoms with van der Waals surface area (Å²) in [5, 5.41) is 2.72. The number of aryl methyl sites for hydroxylation is 1. The summed E-state index contributed by atoms with van der Waals surface area (Å²) in [4.78, 5) is 10.8. The Kier molecular flexibility index (Phi) is 9.45. The van der Waals surface area contributed by atoms with Gasteiger partial charge < -0.3 is 15.8 Å². The fourth-order valence-corrected chi connectivity index (χ4v) is 2.15. The highest BCUT2D eigenvalue weighted by atomic mass is 16.5. The number of nitrogens with one attached hydrogen (secondary N) is 1. The molecule has 2 aromatic carbocycles. The molecule has 3 N–H and O–H groups in total. The summed E-state index contributed by atoms with van der Waals surface area (Å²) in [5.41, 5.74) is 8.40. The number of unbranched alkanes of at least 4 members (excludes halogenated alkanes) is 1. The molecule has 4 nitrogen and oxygen atoms in total. The molecule has 2 aromatic rings. The molecule has 26 heavy (non-hydrogen) atoms. The molecule has 0 saturated carbocycles. The molecular formula is C22H32N2O2. The molecule has 0 spiro atoms. The van der Waals surface area contributed by atoms with Crippen LogP contribution in [0.25, 0.3) is 0 Å². The van der Waals surface area contributed by atoms with E-state index < -0.39 is 0 Å². The number of hydrogen-bond donors (Lipinski definition) is 2. The molecule has 0 radical (unpaired) electrons. The second-order valence-electron chi connectivity index (χ2n) is 7.34. The molecule has 2 rings (SSSR count). The van der Waals surface area contributed by atoms with E-state index in [0.717, 1.165) is 30.5 Å². The zero-order valence-electron chi connectivity index (χ0n) is 16.4. The Morgan fingerprint density at radius 3 is 2.31 bits per heavy atom. The van der Waals surface area contributed by atoms with Crippen LogP contribution in [0, 0.1) is 0 Å². The third-order valence-corrected chi connectivity index (χ3v) is 3.31. The second-order valence-corrected chi connectivity index (χ2v) is 7.34. The number of carbonyl (C=O) groups is 1. The maximum absolute atomic E-state index is 10.8. The van der Waals surface area contributed by atoms with Crippen molar-refractivity contribution in [2.75, 3.05) is 5.32 Å². The summed E-state index contributed by atoms with van der Waals surface area (Å²) in [7, 11) is 0. The van der Waals surface area contributed by atoms with Crippen LogP contribution < -0.4 is 15.8 Å². The van der Waals surface area contributed by atoms with Gasteiger partial charge in [0.25, 0.3) is 0 Å². The minimum Gasteiger partial charge on any atom is -0.487 e. The largest absolute Gasteiger partial charge is 0.487 e. The topological polar surface area (TPSA) is 64.3 Å². The van der Waals surface area contributed by atoms with Crippen molar-refractivity contribution in [3.63, 3.8) is 0 Å². The highest BCUT2D eigenvalue weighted by Gasteiger charge is 2.05. The van der Waals surface area contributed by atoms with Crippen molar-refractivity contribution in [2.45, 2.75) is 59.1 Å². The van der Waals surface area contributed by atoms with Gasteiger partial charge >= 0.3 is 0 Å². The fourth-order valence-electron chi connectivity index (χ4n) is 2.15. The summed E-state index contributed by atoms with van der Waals surface area (Å²) in [6.45, 7) is 8.55. The lowest BCUT2D eigenvalue weighted by Gasteiger charge is -2.12. The predicted octanol–water partition coefficient (Wildman–Crippen LogP) is 4.92. The van der Waals surface area contributed by atoms with E-state index in [1.165, 1.54) is 5.56 Å². The first-order chi connectivity index (χ1) is 12.3. The average molecular weight is 357 g/mol. The highest BCUT2D eigenvalue weighted by Crippen LogP contribution is 2.27. The Labute approximate surface area is 157 Å². The number of amides is 1. The van der Waals surface area contributed by atoms with Crippen molar-refractivity contribution >= 4 is 12.1 Å². The van der Waals surface area contributed by atoms with Crippen LogP contribution in [-0.4, -0.2) is 11.9 Å². The summed E-state index contributed by atoms with van der Waals surface area (Å²) >= 11 is 0. The van der Waals surface area contributed by atoms with Crippen molar-refractivity contribution in [2.24, 2.45) is 5.73 Å². The summed E-state index contributed by atoms with van der Waals surface area (Å²) in [6.07, 6.45) is 4.00. The van der Waals surface area contributed by atoms with Gasteiger partial charge in [0.15, 0.2) is 0 Å². The van der Waals surface area contributed by atoms with Crippen molar-refractivity contribution in [1.29, 1.82) is 0 Å². The molecule has 1 amide bonds. The Morgan fingerprint density at radius 1 is 1.08 bits per heavy atom. The van der Waals surface area contributed by atoms with Crippen molar-refractivity contribution in [3.8, 4) is 5.75 Å². The standard InChI is InChI=1S/C18H21NO2.C4H11N/c1-2-3-7-15-10-11-18(17(12-15)19-14-20)21-13-16-8-5-4-6-9-16;1-4(2,3)5/h4-6,8-12,14H,2-3,7,13H2,1H3,(H,19,20);5H2,1-3H3. The molecule has 0 aliphatic rings. The van der Waals surface area contributed by atoms with Crippen LogP contribution in [0.2, 0.25) is 0 Å². The monoisotopic (exact) mass is 356 g/mol. The quantitative estimate of drug-likeness (QED) is 0.660. The normalized spacial score (nSPS) is 10.5. The van der Waals surface area contributed by atoms with E-state index in [4.69, 9.17) is 10.5 Å². The molecule has 0 aromatic heterocycles. The van der Waals surface area contributed by atoms with E-state index in [1.807, 2.05) is 63.2 Å². The molecule has 0 saturated heterocycles. The maximum Gasteiger partial charge on any atom is 0.211 e. The highest BCUT2D eigenvalue weighted by molar-refractivity contribution is 5.75. The van der Waals surface area contributed by atoms with E-state index in [9.17, 15) is 4.79 Å². The van der Waals surface area contributed by atoms with Crippen LogP contribution in [0.3, 0.4) is 0 Å². The minimum absolute atomic E-state index is 0. The van der Waals surface area contributed by atoms with Crippen LogP contribution >= 0.6 is 0 Å². The molecule has 0 bridgehead atoms. The lowest BCUT2D eigenvalue weighted by Crippen LogP contribution is -2.26. The zero-order chi connectivity index (χ0) is 19.4. The molecule has 0 aliphatic heterocycles. The Balaban J connectivity index is 0.000000597. The lowest BCUT2D eigenvalue weighted by atomic mass is 10.1. The SMILES string of the molecule is CC(C)(C)N.CCCCc1ccc(OCc2ccccc2)c(NC=O)c1. The van der Waals surface area contributed by atoms with Crippen molar-refractivity contribution in [1.82, 2.24) is 0 Å². The predicted molar refractivity (Wildman–Crippen MR) is 109 cm³/mol. The van der Waals surface area contributed by atoms with Gasteiger partial charge in [-0.05, 0) is 56.9 Å². The van der Waals surface area contributed by atoms with Crippen molar-refractivity contribution < 1.29 is 9.53 Å². The van der Waals surface area contributed by atoms with Crippen LogP contribution in [0.5, 0.6) is 5.75 Å². The number of hydrogen-bond acceptors (Lipinski definition) is 3. The van der Waals surface area contributed by atoms with E-state index in [2.05, 4.69) is 18.3 Å². The smallest absolute Gasteiger partial charge is 0.211 e. The van der Waals surface area contributed by atoms with Gasteiger partial charge in [-0.15, -0.1) is 0 Å². The average Bonchev–Trinajstić information content (AvgIpc) is 2.59. The van der Waals surface area contributed by atoms with Gasteiger partial charge in [-0.1, -0.05) is 49.7 Å². The van der Waals surface area contributed by atoms with Gasteiger partial charge in [-0.2, -0.15) is 0 Å². The molecule has 142 valence electrons. The van der Waals surface area contributed by atoms with Crippen LogP contribution in [0.1, 0.15) is 51.7 Å². The Morgan fingerprint density at radius 2 is 1.73 bits per heavy atom. The molecule has 4 heteroatoms. The third kappa shape index (κ3) is 9.84. The first-order valence-electron chi connectivity index (χ1n) is 9.12. The van der Waals surface area contributed by atoms with Gasteiger partial charge in [0, 0.05) is 5.54 Å². The maximum atomic E-state index is 10.8. The molecule has 0 atom stereocenters. The van der Waals surface area contributed by atoms with E-state index >= 15 is 0 Å². The van der Waals surface area contributed by atoms with E-state index in [0.29, 0.717) is 18.8 Å². The van der Waals surface area contributed by atoms with Gasteiger partial charge in [0.1, 0.15) is 12.4 Å². The molecular weight excluding hydrogens is 324 g/mol. The number of nitrogens with two attached hydrogens (primary N) is 1. The van der Waals surface area contributed by atoms with Gasteiger partial charge in [-0.3, -0.25) is 4.79 Å². The lowest BCUT2D eigenvalue weighted by molar-refractivity contribution is -0.105. The summed E-state index contributed by atoms with van der Waals surface area (Å²) < 4.78 is 5.81. The first kappa shape index (κ1) is 21.7. The van der Waals surface area contributed by atoms with Gasteiger partial charge in [-0.25, -0.2) is 0 Å². The molecule has 0 unspecified atom stereocenters. The number of carbonyl (C=O) groups excluding carboxylic acids is 1. The number of ether oxygens (including phenoxy) is 1. The zero-order valence-corrected chi connectivity index (χ0v) is 16.4. The third-order valence-electron chi connectivity index (χ3n) is 3.31. The summed E-state index contributed by atoms with van der Waals surface area (Å²) in [6, 6.07) is 16.0. The Hall–Kier alpha value is -2.33. The van der Waals surface area contributed by atoms with Gasteiger partial charge in [0.2, 0.25) is 6.41 Å². The van der Waals surface area contributed by atoms with Crippen LogP contribution in [-0.2, 0) is 17.8 Å². The van der Waals surface area contributed by atoms with E-state index in [1.54, 1.807) is 0 Å². The summed E-state index contributed by atoms with van der Waals surface area (Å²) in [5.74, 6) is 0.700. The van der Waals surface area contributed by atoms with Crippen LogP contribution in [0.4, 0.5) is 5.69 Å². The van der Waals surface area contributed by atoms with Crippen molar-refractivity contribution in [3.05, 3.63) is 59.7 Å². The fraction of sp³-hybridized carbons (Fsp3) is 0.409. The molecule has 0 heterocycles. The first-order valence-corrected chi connectivity index (χ1v) is 9.12. The number of anilines is 1. The van der Waals surface area contributed by atoms with Crippen LogP contribution in [0.15, 0.2) is 48.5 Å². The second kappa shape index (κ2) is 11.3. The number of rotatable bonds is 8. The molecule has 0 fully saturated rings. The minimum atomic E-state index is 0. The Bertz CT molecular complexity index is 643. The van der Waals surface area contributed by atoms with E-state index in [-0.39, 0.29) is 5.54 Å². The number of benzene rings is 2.